The van der Waals surface area contributed by atoms with Crippen molar-refractivity contribution in [3.8, 4) is 0 Å². The highest BCUT2D eigenvalue weighted by molar-refractivity contribution is 7.72. The number of thiol groups is 1. The van der Waals surface area contributed by atoms with Gasteiger partial charge in [-0.1, -0.05) is 18.2 Å². The molecule has 0 heterocycles. The Morgan fingerprint density at radius 2 is 1.56 bits per heavy atom. The summed E-state index contributed by atoms with van der Waals surface area (Å²) in [6.45, 7) is 0. The van der Waals surface area contributed by atoms with E-state index in [9.17, 15) is 8.42 Å². The van der Waals surface area contributed by atoms with E-state index in [0.717, 1.165) is 0 Å². The molecular weight excluding hydrogens is 136 g/mol. The maximum absolute atomic E-state index is 10.2. The van der Waals surface area contributed by atoms with E-state index in [2.05, 4.69) is 0 Å². The van der Waals surface area contributed by atoms with Crippen LogP contribution >= 0.6 is 0 Å². The van der Waals surface area contributed by atoms with Crippen molar-refractivity contribution in [2.75, 3.05) is 0 Å². The predicted molar refractivity (Wildman–Crippen MR) is 35.0 cm³/mol. The van der Waals surface area contributed by atoms with Crippen LogP contribution in [0.25, 0.3) is 0 Å². The summed E-state index contributed by atoms with van der Waals surface area (Å²) in [4.78, 5) is 0.368. The minimum atomic E-state index is -2.40. The summed E-state index contributed by atoms with van der Waals surface area (Å²) in [5.41, 5.74) is 0. The summed E-state index contributed by atoms with van der Waals surface area (Å²) >= 11 is 0. The van der Waals surface area contributed by atoms with E-state index in [1.54, 1.807) is 30.3 Å². The fraction of sp³-hybridized carbons (Fsp3) is 0. The molecule has 0 aliphatic heterocycles. The van der Waals surface area contributed by atoms with Gasteiger partial charge < -0.3 is 0 Å². The third kappa shape index (κ3) is 1.54. The first-order chi connectivity index (χ1) is 4.30. The zero-order chi connectivity index (χ0) is 6.69. The summed E-state index contributed by atoms with van der Waals surface area (Å²) < 4.78 is 20.5. The van der Waals surface area contributed by atoms with E-state index in [4.69, 9.17) is 0 Å². The Kier molecular flexibility index (Phi) is 1.85. The molecule has 0 aliphatic rings. The number of hydrogen-bond acceptors (Lipinski definition) is 2. The molecule has 2 nitrogen and oxygen atoms in total. The molecule has 0 fully saturated rings. The zero-order valence-corrected chi connectivity index (χ0v) is 5.54. The second kappa shape index (κ2) is 2.64. The van der Waals surface area contributed by atoms with Crippen molar-refractivity contribution in [3.05, 3.63) is 30.3 Å². The van der Waals surface area contributed by atoms with Gasteiger partial charge in [0.05, 0.1) is 4.90 Å². The Morgan fingerprint density at radius 3 is 1.89 bits per heavy atom. The summed E-state index contributed by atoms with van der Waals surface area (Å²) in [7, 11) is -2.40. The van der Waals surface area contributed by atoms with Crippen LogP contribution in [0, 0.1) is 0 Å². The van der Waals surface area contributed by atoms with E-state index in [1.165, 1.54) is 0 Å². The Balaban J connectivity index is 3.13. The third-order valence-electron chi connectivity index (χ3n) is 0.967. The van der Waals surface area contributed by atoms with Gasteiger partial charge in [0.15, 0.2) is 10.7 Å². The van der Waals surface area contributed by atoms with Crippen LogP contribution in [0.15, 0.2) is 35.2 Å². The molecule has 0 spiro atoms. The van der Waals surface area contributed by atoms with Crippen molar-refractivity contribution in [2.45, 2.75) is 4.90 Å². The summed E-state index contributed by atoms with van der Waals surface area (Å²) in [5.74, 6) is 0. The molecule has 9 heavy (non-hydrogen) atoms. The fourth-order valence-corrected chi connectivity index (χ4v) is 0.965. The molecule has 0 amide bonds. The third-order valence-corrected chi connectivity index (χ3v) is 1.69. The second-order valence-electron chi connectivity index (χ2n) is 1.59. The number of hydrogen-bond donors (Lipinski definition) is 1. The smallest absolute Gasteiger partial charge is 0.168 e. The highest BCUT2D eigenvalue weighted by Gasteiger charge is 1.87. The largest absolute Gasteiger partial charge is 0.227 e. The van der Waals surface area contributed by atoms with E-state index < -0.39 is 10.7 Å². The highest BCUT2D eigenvalue weighted by atomic mass is 32.2. The van der Waals surface area contributed by atoms with Crippen LogP contribution in [0.2, 0.25) is 0 Å². The average molecular weight is 142 g/mol. The van der Waals surface area contributed by atoms with Crippen LogP contribution in [0.3, 0.4) is 0 Å². The van der Waals surface area contributed by atoms with Crippen molar-refractivity contribution in [3.63, 3.8) is 0 Å². The Morgan fingerprint density at radius 1 is 1.00 bits per heavy atom. The van der Waals surface area contributed by atoms with Crippen molar-refractivity contribution in [1.82, 2.24) is 0 Å². The van der Waals surface area contributed by atoms with Gasteiger partial charge in [-0.2, -0.15) is 0 Å². The van der Waals surface area contributed by atoms with Gasteiger partial charge in [-0.3, -0.25) is 0 Å². The van der Waals surface area contributed by atoms with Crippen LogP contribution in [0.1, 0.15) is 0 Å². The normalized spacial score (nSPS) is 9.89. The zero-order valence-electron chi connectivity index (χ0n) is 4.65. The molecule has 3 heteroatoms. The first-order valence-corrected chi connectivity index (χ1v) is 3.68. The molecule has 0 saturated carbocycles. The monoisotopic (exact) mass is 142 g/mol. The van der Waals surface area contributed by atoms with Gasteiger partial charge in [-0.25, -0.2) is 8.42 Å². The lowest BCUT2D eigenvalue weighted by molar-refractivity contribution is 0.614. The second-order valence-corrected chi connectivity index (χ2v) is 2.62. The molecule has 0 radical (unpaired) electrons. The van der Waals surface area contributed by atoms with Crippen LogP contribution in [0.4, 0.5) is 0 Å². The molecule has 0 unspecified atom stereocenters. The molecule has 1 aromatic rings. The molecule has 0 aromatic heterocycles. The Hall–Kier alpha value is -0.830. The van der Waals surface area contributed by atoms with E-state index in [-0.39, 0.29) is 0 Å². The van der Waals surface area contributed by atoms with Gasteiger partial charge in [0.1, 0.15) is 0 Å². The molecule has 0 saturated heterocycles. The van der Waals surface area contributed by atoms with Crippen LogP contribution in [-0.2, 0) is 10.7 Å². The molecule has 1 aromatic carbocycles. The predicted octanol–water partition coefficient (Wildman–Crippen LogP) is 0.657. The van der Waals surface area contributed by atoms with E-state index >= 15 is 0 Å². The summed E-state index contributed by atoms with van der Waals surface area (Å²) in [6.07, 6.45) is 0. The Labute approximate surface area is 55.1 Å². The summed E-state index contributed by atoms with van der Waals surface area (Å²) in [6, 6.07) is 8.29. The fourth-order valence-electron chi connectivity index (χ4n) is 0.550. The van der Waals surface area contributed by atoms with Gasteiger partial charge in [-0.15, -0.1) is 0 Å². The highest BCUT2D eigenvalue weighted by Crippen LogP contribution is 1.97. The molecule has 1 rings (SSSR count). The van der Waals surface area contributed by atoms with E-state index in [1.807, 2.05) is 0 Å². The van der Waals surface area contributed by atoms with Crippen molar-refractivity contribution in [1.29, 1.82) is 0 Å². The molecule has 0 bridgehead atoms. The SMILES string of the molecule is O=[SH](=O)c1ccccc1. The van der Waals surface area contributed by atoms with Gasteiger partial charge in [-0.05, 0) is 12.1 Å². The minimum Gasteiger partial charge on any atom is -0.227 e. The average Bonchev–Trinajstić information content (AvgIpc) is 1.90. The lowest BCUT2D eigenvalue weighted by Gasteiger charge is -1.83. The van der Waals surface area contributed by atoms with Gasteiger partial charge in [0, 0.05) is 0 Å². The molecule has 0 atom stereocenters. The maximum atomic E-state index is 10.2. The maximum Gasteiger partial charge on any atom is 0.168 e. The quantitative estimate of drug-likeness (QED) is 0.584. The lowest BCUT2D eigenvalue weighted by Crippen LogP contribution is -1.75. The van der Waals surface area contributed by atoms with Gasteiger partial charge >= 0.3 is 0 Å². The Bertz CT molecular complexity index is 243. The van der Waals surface area contributed by atoms with Crippen LogP contribution < -0.4 is 0 Å². The topological polar surface area (TPSA) is 34.1 Å². The molecular formula is C6H6O2S. The van der Waals surface area contributed by atoms with Crippen molar-refractivity contribution < 1.29 is 8.42 Å². The first-order valence-electron chi connectivity index (χ1n) is 2.50. The molecule has 0 aliphatic carbocycles. The van der Waals surface area contributed by atoms with Crippen LogP contribution in [0.5, 0.6) is 0 Å². The van der Waals surface area contributed by atoms with E-state index in [0.29, 0.717) is 4.90 Å². The van der Waals surface area contributed by atoms with Gasteiger partial charge in [0.2, 0.25) is 0 Å². The standard InChI is InChI=1S/C6H6O2S/c7-9(8)6-4-2-1-3-5-6/h1-5,9H. The molecule has 48 valence electrons. The van der Waals surface area contributed by atoms with Gasteiger partial charge in [0.25, 0.3) is 0 Å². The first kappa shape index (κ1) is 6.29. The van der Waals surface area contributed by atoms with Crippen molar-refractivity contribution in [2.24, 2.45) is 0 Å². The number of benzene rings is 1. The summed E-state index contributed by atoms with van der Waals surface area (Å²) in [5, 5.41) is 0. The minimum absolute atomic E-state index is 0.368. The van der Waals surface area contributed by atoms with Crippen molar-refractivity contribution >= 4 is 10.7 Å². The van der Waals surface area contributed by atoms with Crippen LogP contribution in [-0.4, -0.2) is 8.42 Å². The number of rotatable bonds is 1. The lowest BCUT2D eigenvalue weighted by atomic mass is 10.4. The molecule has 0 N–H and O–H groups in total.